The second-order valence-corrected chi connectivity index (χ2v) is 4.74. The number of aryl methyl sites for hydroxylation is 2. The summed E-state index contributed by atoms with van der Waals surface area (Å²) in [6.45, 7) is 0. The van der Waals surface area contributed by atoms with E-state index >= 15 is 0 Å². The van der Waals surface area contributed by atoms with Crippen LogP contribution in [0.3, 0.4) is 0 Å². The van der Waals surface area contributed by atoms with Crippen molar-refractivity contribution in [2.75, 3.05) is 5.88 Å². The summed E-state index contributed by atoms with van der Waals surface area (Å²) in [5.41, 5.74) is 0.757. The Balaban J connectivity index is 2.35. The van der Waals surface area contributed by atoms with Gasteiger partial charge in [0.25, 0.3) is 5.56 Å². The number of alkyl halides is 1. The highest BCUT2D eigenvalue weighted by molar-refractivity contribution is 7.14. The number of halogens is 1. The molecule has 0 unspecified atom stereocenters. The molecule has 2 aromatic rings. The summed E-state index contributed by atoms with van der Waals surface area (Å²) in [5.74, 6) is 0.533. The fraction of sp³-hybridized carbons (Fsp3) is 0.300. The maximum absolute atomic E-state index is 11.4. The van der Waals surface area contributed by atoms with E-state index in [1.807, 2.05) is 6.07 Å². The maximum atomic E-state index is 11.4. The first-order chi connectivity index (χ1) is 7.70. The zero-order chi connectivity index (χ0) is 11.5. The van der Waals surface area contributed by atoms with Crippen LogP contribution in [0.1, 0.15) is 5.01 Å². The molecular formula is C10H10ClN3OS. The van der Waals surface area contributed by atoms with Crippen molar-refractivity contribution < 1.29 is 0 Å². The Morgan fingerprint density at radius 3 is 3.00 bits per heavy atom. The van der Waals surface area contributed by atoms with E-state index in [0.717, 1.165) is 15.6 Å². The van der Waals surface area contributed by atoms with Gasteiger partial charge < -0.3 is 4.57 Å². The Bertz CT molecular complexity index is 549. The second kappa shape index (κ2) is 4.76. The fourth-order valence-corrected chi connectivity index (χ4v) is 2.36. The summed E-state index contributed by atoms with van der Waals surface area (Å²) in [7, 11) is 1.71. The van der Waals surface area contributed by atoms with Crippen LogP contribution in [0.25, 0.3) is 10.6 Å². The SMILES string of the molecule is Cn1ccc(-c2nnc(CCCl)s2)cc1=O. The Kier molecular flexibility index (Phi) is 3.36. The van der Waals surface area contributed by atoms with Gasteiger partial charge in [0.05, 0.1) is 0 Å². The van der Waals surface area contributed by atoms with E-state index < -0.39 is 0 Å². The molecule has 0 fully saturated rings. The monoisotopic (exact) mass is 255 g/mol. The zero-order valence-corrected chi connectivity index (χ0v) is 10.3. The van der Waals surface area contributed by atoms with Crippen molar-refractivity contribution in [1.29, 1.82) is 0 Å². The number of hydrogen-bond acceptors (Lipinski definition) is 4. The number of hydrogen-bond donors (Lipinski definition) is 0. The van der Waals surface area contributed by atoms with E-state index in [2.05, 4.69) is 10.2 Å². The molecule has 0 aliphatic heterocycles. The topological polar surface area (TPSA) is 47.8 Å². The molecule has 0 radical (unpaired) electrons. The van der Waals surface area contributed by atoms with Crippen LogP contribution in [0.15, 0.2) is 23.1 Å². The fourth-order valence-electron chi connectivity index (χ4n) is 1.23. The van der Waals surface area contributed by atoms with Crippen molar-refractivity contribution in [2.45, 2.75) is 6.42 Å². The predicted octanol–water partition coefficient (Wildman–Crippen LogP) is 1.69. The van der Waals surface area contributed by atoms with Crippen molar-refractivity contribution in [2.24, 2.45) is 7.05 Å². The largest absolute Gasteiger partial charge is 0.319 e. The summed E-state index contributed by atoms with van der Waals surface area (Å²) in [6, 6.07) is 3.41. The molecule has 0 saturated carbocycles. The van der Waals surface area contributed by atoms with Gasteiger partial charge in [-0.1, -0.05) is 11.3 Å². The quantitative estimate of drug-likeness (QED) is 0.784. The molecule has 0 bridgehead atoms. The van der Waals surface area contributed by atoms with Gasteiger partial charge >= 0.3 is 0 Å². The van der Waals surface area contributed by atoms with Crippen molar-refractivity contribution in [3.8, 4) is 10.6 Å². The molecule has 2 heterocycles. The first-order valence-corrected chi connectivity index (χ1v) is 6.11. The van der Waals surface area contributed by atoms with Gasteiger partial charge in [-0.3, -0.25) is 4.79 Å². The maximum Gasteiger partial charge on any atom is 0.250 e. The summed E-state index contributed by atoms with van der Waals surface area (Å²) in [6.07, 6.45) is 2.43. The highest BCUT2D eigenvalue weighted by Gasteiger charge is 2.06. The van der Waals surface area contributed by atoms with Crippen LogP contribution >= 0.6 is 22.9 Å². The first kappa shape index (κ1) is 11.3. The minimum Gasteiger partial charge on any atom is -0.319 e. The summed E-state index contributed by atoms with van der Waals surface area (Å²) in [5, 5.41) is 9.70. The Morgan fingerprint density at radius 1 is 1.50 bits per heavy atom. The van der Waals surface area contributed by atoms with E-state index in [1.165, 1.54) is 15.9 Å². The van der Waals surface area contributed by atoms with E-state index in [0.29, 0.717) is 12.3 Å². The van der Waals surface area contributed by atoms with Crippen LogP contribution in [-0.4, -0.2) is 20.6 Å². The first-order valence-electron chi connectivity index (χ1n) is 4.76. The average molecular weight is 256 g/mol. The molecule has 0 saturated heterocycles. The van der Waals surface area contributed by atoms with Gasteiger partial charge in [0.15, 0.2) is 0 Å². The lowest BCUT2D eigenvalue weighted by Crippen LogP contribution is -2.13. The van der Waals surface area contributed by atoms with Crippen LogP contribution in [0.2, 0.25) is 0 Å². The average Bonchev–Trinajstić information content (AvgIpc) is 2.71. The third-order valence-corrected chi connectivity index (χ3v) is 3.35. The Labute approximate surface area is 102 Å². The standard InChI is InChI=1S/C10H10ClN3OS/c1-14-5-3-7(6-9(14)15)10-13-12-8(16-10)2-4-11/h3,5-6H,2,4H2,1H3. The van der Waals surface area contributed by atoms with Crippen LogP contribution in [0.4, 0.5) is 0 Å². The lowest BCUT2D eigenvalue weighted by Gasteiger charge is -1.97. The third-order valence-electron chi connectivity index (χ3n) is 2.13. The molecule has 4 nitrogen and oxygen atoms in total. The minimum absolute atomic E-state index is 0.0495. The molecule has 0 aromatic carbocycles. The molecule has 0 aliphatic carbocycles. The highest BCUT2D eigenvalue weighted by atomic mass is 35.5. The minimum atomic E-state index is -0.0495. The van der Waals surface area contributed by atoms with Crippen LogP contribution in [0, 0.1) is 0 Å². The lowest BCUT2D eigenvalue weighted by molar-refractivity contribution is 0.861. The van der Waals surface area contributed by atoms with Crippen molar-refractivity contribution >= 4 is 22.9 Å². The zero-order valence-electron chi connectivity index (χ0n) is 8.68. The van der Waals surface area contributed by atoms with Crippen molar-refractivity contribution in [3.05, 3.63) is 33.7 Å². The molecule has 84 valence electrons. The molecule has 0 atom stereocenters. The van der Waals surface area contributed by atoms with Crippen molar-refractivity contribution in [3.63, 3.8) is 0 Å². The molecular weight excluding hydrogens is 246 g/mol. The van der Waals surface area contributed by atoms with Gasteiger partial charge in [-0.05, 0) is 6.07 Å². The number of nitrogens with zero attached hydrogens (tertiary/aromatic N) is 3. The molecule has 6 heteroatoms. The van der Waals surface area contributed by atoms with Crippen LogP contribution in [0.5, 0.6) is 0 Å². The summed E-state index contributed by atoms with van der Waals surface area (Å²) in [4.78, 5) is 11.4. The van der Waals surface area contributed by atoms with Gasteiger partial charge in [0.2, 0.25) is 0 Å². The van der Waals surface area contributed by atoms with Gasteiger partial charge in [0.1, 0.15) is 10.0 Å². The van der Waals surface area contributed by atoms with E-state index in [-0.39, 0.29) is 5.56 Å². The smallest absolute Gasteiger partial charge is 0.250 e. The molecule has 0 amide bonds. The van der Waals surface area contributed by atoms with E-state index in [9.17, 15) is 4.79 Å². The molecule has 2 rings (SSSR count). The number of rotatable bonds is 3. The Hall–Kier alpha value is -1.20. The molecule has 16 heavy (non-hydrogen) atoms. The molecule has 2 aromatic heterocycles. The summed E-state index contributed by atoms with van der Waals surface area (Å²) < 4.78 is 1.52. The normalized spacial score (nSPS) is 10.6. The van der Waals surface area contributed by atoms with Gasteiger partial charge in [-0.25, -0.2) is 0 Å². The molecule has 0 N–H and O–H groups in total. The molecule has 0 spiro atoms. The van der Waals surface area contributed by atoms with Crippen molar-refractivity contribution in [1.82, 2.24) is 14.8 Å². The number of aromatic nitrogens is 3. The van der Waals surface area contributed by atoms with Gasteiger partial charge in [-0.15, -0.1) is 21.8 Å². The number of pyridine rings is 1. The van der Waals surface area contributed by atoms with Gasteiger partial charge in [-0.2, -0.15) is 0 Å². The third kappa shape index (κ3) is 2.31. The van der Waals surface area contributed by atoms with E-state index in [4.69, 9.17) is 11.6 Å². The highest BCUT2D eigenvalue weighted by Crippen LogP contribution is 2.22. The lowest BCUT2D eigenvalue weighted by atomic mass is 10.3. The van der Waals surface area contributed by atoms with E-state index in [1.54, 1.807) is 19.3 Å². The summed E-state index contributed by atoms with van der Waals surface area (Å²) >= 11 is 7.09. The predicted molar refractivity (Wildman–Crippen MR) is 65.0 cm³/mol. The van der Waals surface area contributed by atoms with Crippen LogP contribution < -0.4 is 5.56 Å². The van der Waals surface area contributed by atoms with Gasteiger partial charge in [0, 0.05) is 37.2 Å². The molecule has 0 aliphatic rings. The van der Waals surface area contributed by atoms with Crippen LogP contribution in [-0.2, 0) is 13.5 Å². The second-order valence-electron chi connectivity index (χ2n) is 3.30. The Morgan fingerprint density at radius 2 is 2.31 bits per heavy atom.